The highest BCUT2D eigenvalue weighted by Gasteiger charge is 2.24. The summed E-state index contributed by atoms with van der Waals surface area (Å²) in [5, 5.41) is 5.63. The normalized spacial score (nSPS) is 15.7. The molecule has 10 heteroatoms. The monoisotopic (exact) mass is 508 g/mol. The van der Waals surface area contributed by atoms with Crippen molar-refractivity contribution in [2.24, 2.45) is 0 Å². The molecule has 1 fully saturated rings. The number of nitrogens with zero attached hydrogens (tertiary/aromatic N) is 3. The minimum absolute atomic E-state index is 0.00509. The lowest BCUT2D eigenvalue weighted by Gasteiger charge is -2.22. The van der Waals surface area contributed by atoms with Gasteiger partial charge in [-0.1, -0.05) is 13.0 Å². The molecule has 37 heavy (non-hydrogen) atoms. The Morgan fingerprint density at radius 3 is 2.65 bits per heavy atom. The van der Waals surface area contributed by atoms with Crippen LogP contribution in [0.2, 0.25) is 0 Å². The van der Waals surface area contributed by atoms with Crippen LogP contribution in [0.4, 0.5) is 10.2 Å². The number of halogens is 1. The maximum absolute atomic E-state index is 15.1. The second kappa shape index (κ2) is 11.1. The fourth-order valence-corrected chi connectivity index (χ4v) is 5.04. The third kappa shape index (κ3) is 5.20. The predicted octanol–water partition coefficient (Wildman–Crippen LogP) is 2.31. The van der Waals surface area contributed by atoms with Crippen LogP contribution in [0, 0.1) is 5.82 Å². The molecule has 0 saturated carbocycles. The molecule has 1 saturated heterocycles. The van der Waals surface area contributed by atoms with Gasteiger partial charge in [0.1, 0.15) is 22.8 Å². The van der Waals surface area contributed by atoms with Crippen LogP contribution in [0.15, 0.2) is 35.1 Å². The molecular weight excluding hydrogens is 475 g/mol. The summed E-state index contributed by atoms with van der Waals surface area (Å²) < 4.78 is 16.7. The lowest BCUT2D eigenvalue weighted by Crippen LogP contribution is -2.40. The molecule has 0 spiro atoms. The van der Waals surface area contributed by atoms with Gasteiger partial charge in [0.15, 0.2) is 0 Å². The molecule has 0 bridgehead atoms. The number of rotatable bonds is 8. The molecule has 0 radical (unpaired) electrons. The fourth-order valence-electron chi connectivity index (χ4n) is 5.04. The van der Waals surface area contributed by atoms with Gasteiger partial charge in [0.25, 0.3) is 5.91 Å². The summed E-state index contributed by atoms with van der Waals surface area (Å²) in [6, 6.07) is 8.05. The van der Waals surface area contributed by atoms with Crippen molar-refractivity contribution in [3.8, 4) is 11.3 Å². The van der Waals surface area contributed by atoms with Crippen molar-refractivity contribution in [3.05, 3.63) is 57.5 Å². The topological polar surface area (TPSA) is 122 Å². The number of nitrogens with two attached hydrogens (primary N) is 1. The molecule has 1 aliphatic rings. The van der Waals surface area contributed by atoms with E-state index in [-0.39, 0.29) is 40.3 Å². The third-order valence-electron chi connectivity index (χ3n) is 7.03. The number of amides is 2. The summed E-state index contributed by atoms with van der Waals surface area (Å²) in [6.07, 6.45) is 2.29. The van der Waals surface area contributed by atoms with Crippen LogP contribution in [0.5, 0.6) is 0 Å². The number of aryl methyl sites for hydroxylation is 1. The van der Waals surface area contributed by atoms with E-state index in [1.807, 2.05) is 6.92 Å². The SMILES string of the molecule is CCN1CCC[C@@H]1CNC(=O)Cc1ccc(-c2ccc3c(=O)c(C(=O)NC)c(N)n(CC)c3n2)c(F)c1. The number of aromatic nitrogens is 2. The summed E-state index contributed by atoms with van der Waals surface area (Å²) in [7, 11) is 1.43. The number of anilines is 1. The Labute approximate surface area is 214 Å². The summed E-state index contributed by atoms with van der Waals surface area (Å²) in [6.45, 7) is 6.91. The van der Waals surface area contributed by atoms with Gasteiger partial charge in [0, 0.05) is 31.7 Å². The van der Waals surface area contributed by atoms with Crippen molar-refractivity contribution >= 4 is 28.7 Å². The average Bonchev–Trinajstić information content (AvgIpc) is 3.35. The Morgan fingerprint density at radius 1 is 1.19 bits per heavy atom. The number of hydrogen-bond donors (Lipinski definition) is 3. The molecule has 0 unspecified atom stereocenters. The maximum Gasteiger partial charge on any atom is 0.258 e. The van der Waals surface area contributed by atoms with Crippen LogP contribution in [-0.4, -0.2) is 59.0 Å². The predicted molar refractivity (Wildman–Crippen MR) is 142 cm³/mol. The van der Waals surface area contributed by atoms with Gasteiger partial charge in [-0.05, 0) is 62.7 Å². The van der Waals surface area contributed by atoms with Crippen molar-refractivity contribution in [2.75, 3.05) is 32.4 Å². The van der Waals surface area contributed by atoms with E-state index in [2.05, 4.69) is 27.4 Å². The molecule has 3 heterocycles. The highest BCUT2D eigenvalue weighted by molar-refractivity contribution is 6.01. The highest BCUT2D eigenvalue weighted by atomic mass is 19.1. The molecule has 196 valence electrons. The van der Waals surface area contributed by atoms with Gasteiger partial charge in [-0.15, -0.1) is 0 Å². The van der Waals surface area contributed by atoms with E-state index in [9.17, 15) is 14.4 Å². The Kier molecular flexibility index (Phi) is 7.87. The first-order valence-corrected chi connectivity index (χ1v) is 12.6. The molecule has 2 aromatic heterocycles. The summed E-state index contributed by atoms with van der Waals surface area (Å²) in [5.74, 6) is -1.24. The zero-order chi connectivity index (χ0) is 26.7. The van der Waals surface area contributed by atoms with Crippen molar-refractivity contribution in [1.29, 1.82) is 0 Å². The summed E-state index contributed by atoms with van der Waals surface area (Å²) >= 11 is 0. The molecule has 9 nitrogen and oxygen atoms in total. The Morgan fingerprint density at radius 2 is 1.97 bits per heavy atom. The lowest BCUT2D eigenvalue weighted by atomic mass is 10.0. The zero-order valence-electron chi connectivity index (χ0n) is 21.4. The maximum atomic E-state index is 15.1. The van der Waals surface area contributed by atoms with Crippen molar-refractivity contribution in [2.45, 2.75) is 45.7 Å². The van der Waals surface area contributed by atoms with E-state index in [4.69, 9.17) is 5.73 Å². The van der Waals surface area contributed by atoms with Crippen molar-refractivity contribution in [3.63, 3.8) is 0 Å². The third-order valence-corrected chi connectivity index (χ3v) is 7.03. The number of carbonyl (C=O) groups excluding carboxylic acids is 2. The van der Waals surface area contributed by atoms with Crippen LogP contribution in [0.3, 0.4) is 0 Å². The van der Waals surface area contributed by atoms with Crippen LogP contribution < -0.4 is 21.8 Å². The molecule has 4 rings (SSSR count). The first-order valence-electron chi connectivity index (χ1n) is 12.6. The second-order valence-corrected chi connectivity index (χ2v) is 9.20. The number of nitrogens with one attached hydrogen (secondary N) is 2. The number of carbonyl (C=O) groups is 2. The van der Waals surface area contributed by atoms with Crippen LogP contribution in [0.1, 0.15) is 42.6 Å². The molecule has 1 aliphatic heterocycles. The molecule has 3 aromatic rings. The van der Waals surface area contributed by atoms with E-state index >= 15 is 4.39 Å². The summed E-state index contributed by atoms with van der Waals surface area (Å²) in [4.78, 5) is 44.5. The minimum atomic E-state index is -0.577. The second-order valence-electron chi connectivity index (χ2n) is 9.20. The molecule has 4 N–H and O–H groups in total. The molecular formula is C27H33FN6O3. The molecule has 1 aromatic carbocycles. The van der Waals surface area contributed by atoms with Crippen LogP contribution >= 0.6 is 0 Å². The minimum Gasteiger partial charge on any atom is -0.384 e. The number of likely N-dealkylation sites (N-methyl/N-ethyl adjacent to an activating group) is 1. The van der Waals surface area contributed by atoms with E-state index in [1.54, 1.807) is 22.8 Å². The van der Waals surface area contributed by atoms with E-state index < -0.39 is 17.2 Å². The van der Waals surface area contributed by atoms with E-state index in [1.165, 1.54) is 19.2 Å². The van der Waals surface area contributed by atoms with Crippen LogP contribution in [-0.2, 0) is 17.8 Å². The fraction of sp³-hybridized carbons (Fsp3) is 0.407. The number of likely N-dealkylation sites (tertiary alicyclic amines) is 1. The number of fused-ring (bicyclic) bond motifs is 1. The lowest BCUT2D eigenvalue weighted by molar-refractivity contribution is -0.120. The molecule has 1 atom stereocenters. The Bertz CT molecular complexity index is 1400. The van der Waals surface area contributed by atoms with E-state index in [0.717, 1.165) is 25.9 Å². The van der Waals surface area contributed by atoms with Crippen molar-refractivity contribution in [1.82, 2.24) is 25.1 Å². The molecule has 2 amide bonds. The van der Waals surface area contributed by atoms with Crippen LogP contribution in [0.25, 0.3) is 22.3 Å². The van der Waals surface area contributed by atoms with Gasteiger partial charge < -0.3 is 20.9 Å². The summed E-state index contributed by atoms with van der Waals surface area (Å²) in [5.41, 5.74) is 6.86. The molecule has 0 aliphatic carbocycles. The van der Waals surface area contributed by atoms with Gasteiger partial charge in [-0.2, -0.15) is 0 Å². The first-order chi connectivity index (χ1) is 17.8. The Balaban J connectivity index is 1.57. The smallest absolute Gasteiger partial charge is 0.258 e. The number of hydrogen-bond acceptors (Lipinski definition) is 6. The van der Waals surface area contributed by atoms with Gasteiger partial charge in [-0.3, -0.25) is 19.3 Å². The number of pyridine rings is 2. The van der Waals surface area contributed by atoms with Gasteiger partial charge in [-0.25, -0.2) is 9.37 Å². The van der Waals surface area contributed by atoms with Gasteiger partial charge >= 0.3 is 0 Å². The number of benzene rings is 1. The Hall–Kier alpha value is -3.79. The standard InChI is InChI=1S/C27H33FN6O3/c1-4-33-12-6-7-17(33)15-31-22(35)14-16-8-9-18(20(28)13-16)21-11-10-19-24(36)23(27(37)30-3)25(29)34(5-2)26(19)32-21/h8-11,13,17H,4-7,12,14-15,29H2,1-3H3,(H,30,37)(H,31,35)/t17-/m1/s1. The van der Waals surface area contributed by atoms with Gasteiger partial charge in [0.2, 0.25) is 11.3 Å². The van der Waals surface area contributed by atoms with E-state index in [0.29, 0.717) is 30.4 Å². The number of nitrogen functional groups attached to an aromatic ring is 1. The highest BCUT2D eigenvalue weighted by Crippen LogP contribution is 2.26. The van der Waals surface area contributed by atoms with Crippen molar-refractivity contribution < 1.29 is 14.0 Å². The quantitative estimate of drug-likeness (QED) is 0.429. The van der Waals surface area contributed by atoms with Gasteiger partial charge in [0.05, 0.1) is 17.5 Å². The largest absolute Gasteiger partial charge is 0.384 e. The zero-order valence-corrected chi connectivity index (χ0v) is 21.4. The average molecular weight is 509 g/mol. The first kappa shape index (κ1) is 26.3.